The molecule has 1 aliphatic carbocycles. The molecule has 0 saturated heterocycles. The second kappa shape index (κ2) is 6.21. The highest BCUT2D eigenvalue weighted by Gasteiger charge is 2.36. The third-order valence-electron chi connectivity index (χ3n) is 4.77. The van der Waals surface area contributed by atoms with Crippen molar-refractivity contribution in [2.24, 2.45) is 11.3 Å². The van der Waals surface area contributed by atoms with E-state index in [0.29, 0.717) is 11.5 Å². The molecule has 0 aliphatic heterocycles. The molecule has 0 radical (unpaired) electrons. The summed E-state index contributed by atoms with van der Waals surface area (Å²) < 4.78 is 0. The van der Waals surface area contributed by atoms with Gasteiger partial charge in [0.05, 0.1) is 0 Å². The van der Waals surface area contributed by atoms with Crippen molar-refractivity contribution in [1.82, 2.24) is 5.32 Å². The van der Waals surface area contributed by atoms with Crippen LogP contribution in [0.1, 0.15) is 51.5 Å². The van der Waals surface area contributed by atoms with Gasteiger partial charge in [-0.25, -0.2) is 0 Å². The highest BCUT2D eigenvalue weighted by atomic mass is 32.1. The van der Waals surface area contributed by atoms with Crippen molar-refractivity contribution in [2.75, 3.05) is 7.05 Å². The molecule has 1 aromatic heterocycles. The van der Waals surface area contributed by atoms with E-state index in [1.165, 1.54) is 44.1 Å². The molecular formula is C16H27NS. The SMILES string of the molecule is CNC(CCc1ccsc1)C1CCCCC1(C)C. The Morgan fingerprint density at radius 1 is 1.44 bits per heavy atom. The molecule has 2 unspecified atom stereocenters. The Kier molecular flexibility index (Phi) is 4.85. The number of nitrogens with one attached hydrogen (secondary N) is 1. The second-order valence-corrected chi connectivity index (χ2v) is 7.19. The molecule has 1 fully saturated rings. The van der Waals surface area contributed by atoms with Crippen LogP contribution in [0.25, 0.3) is 0 Å². The number of hydrogen-bond donors (Lipinski definition) is 1. The van der Waals surface area contributed by atoms with Crippen molar-refractivity contribution >= 4 is 11.3 Å². The van der Waals surface area contributed by atoms with Gasteiger partial charge in [0.2, 0.25) is 0 Å². The largest absolute Gasteiger partial charge is 0.317 e. The molecule has 1 aromatic rings. The summed E-state index contributed by atoms with van der Waals surface area (Å²) in [7, 11) is 2.14. The van der Waals surface area contributed by atoms with Gasteiger partial charge in [-0.1, -0.05) is 26.7 Å². The Bertz CT molecular complexity index is 342. The number of thiophene rings is 1. The summed E-state index contributed by atoms with van der Waals surface area (Å²) in [5.41, 5.74) is 2.02. The lowest BCUT2D eigenvalue weighted by molar-refractivity contribution is 0.0979. The summed E-state index contributed by atoms with van der Waals surface area (Å²) in [6, 6.07) is 2.95. The van der Waals surface area contributed by atoms with Gasteiger partial charge in [0.15, 0.2) is 0 Å². The maximum atomic E-state index is 3.59. The topological polar surface area (TPSA) is 12.0 Å². The standard InChI is InChI=1S/C16H27NS/c1-16(2)10-5-4-6-14(16)15(17-3)8-7-13-9-11-18-12-13/h9,11-12,14-15,17H,4-8,10H2,1-3H3. The van der Waals surface area contributed by atoms with E-state index in [9.17, 15) is 0 Å². The van der Waals surface area contributed by atoms with Crippen LogP contribution < -0.4 is 5.32 Å². The fourth-order valence-corrected chi connectivity index (χ4v) is 4.27. The van der Waals surface area contributed by atoms with Crippen LogP contribution in [0.15, 0.2) is 16.8 Å². The van der Waals surface area contributed by atoms with E-state index >= 15 is 0 Å². The molecule has 1 nitrogen and oxygen atoms in total. The van der Waals surface area contributed by atoms with Gasteiger partial charge in [-0.05, 0) is 66.5 Å². The van der Waals surface area contributed by atoms with Crippen LogP contribution in [0.4, 0.5) is 0 Å². The van der Waals surface area contributed by atoms with Crippen molar-refractivity contribution in [1.29, 1.82) is 0 Å². The van der Waals surface area contributed by atoms with Crippen molar-refractivity contribution < 1.29 is 0 Å². The lowest BCUT2D eigenvalue weighted by Crippen LogP contribution is -2.43. The molecule has 0 spiro atoms. The summed E-state index contributed by atoms with van der Waals surface area (Å²) in [5, 5.41) is 8.07. The lowest BCUT2D eigenvalue weighted by Gasteiger charge is -2.43. The molecule has 0 amide bonds. The van der Waals surface area contributed by atoms with Crippen LogP contribution in [0.5, 0.6) is 0 Å². The number of aryl methyl sites for hydroxylation is 1. The molecule has 2 atom stereocenters. The number of rotatable bonds is 5. The van der Waals surface area contributed by atoms with Crippen molar-refractivity contribution in [2.45, 2.75) is 58.4 Å². The smallest absolute Gasteiger partial charge is 0.0101 e. The minimum Gasteiger partial charge on any atom is -0.317 e. The van der Waals surface area contributed by atoms with Gasteiger partial charge < -0.3 is 5.32 Å². The van der Waals surface area contributed by atoms with Gasteiger partial charge in [0.1, 0.15) is 0 Å². The molecule has 1 N–H and O–H groups in total. The summed E-state index contributed by atoms with van der Waals surface area (Å²) in [5.74, 6) is 0.842. The highest BCUT2D eigenvalue weighted by molar-refractivity contribution is 7.07. The minimum atomic E-state index is 0.514. The number of hydrogen-bond acceptors (Lipinski definition) is 2. The average Bonchev–Trinajstić information content (AvgIpc) is 2.84. The van der Waals surface area contributed by atoms with Crippen LogP contribution in [-0.2, 0) is 6.42 Å². The van der Waals surface area contributed by atoms with Gasteiger partial charge in [0, 0.05) is 6.04 Å². The van der Waals surface area contributed by atoms with Gasteiger partial charge in [0.25, 0.3) is 0 Å². The zero-order valence-electron chi connectivity index (χ0n) is 12.0. The molecule has 1 aliphatic rings. The molecule has 0 aromatic carbocycles. The summed E-state index contributed by atoms with van der Waals surface area (Å²) in [4.78, 5) is 0. The first-order chi connectivity index (χ1) is 8.63. The first-order valence-electron chi connectivity index (χ1n) is 7.32. The molecule has 2 rings (SSSR count). The summed E-state index contributed by atoms with van der Waals surface area (Å²) >= 11 is 1.81. The normalized spacial score (nSPS) is 24.9. The summed E-state index contributed by atoms with van der Waals surface area (Å²) in [6.07, 6.45) is 8.15. The van der Waals surface area contributed by atoms with Crippen LogP contribution in [-0.4, -0.2) is 13.1 Å². The highest BCUT2D eigenvalue weighted by Crippen LogP contribution is 2.43. The quantitative estimate of drug-likeness (QED) is 0.827. The molecule has 2 heteroatoms. The average molecular weight is 265 g/mol. The Morgan fingerprint density at radius 3 is 2.89 bits per heavy atom. The van der Waals surface area contributed by atoms with Gasteiger partial charge in [-0.2, -0.15) is 11.3 Å². The van der Waals surface area contributed by atoms with E-state index in [-0.39, 0.29) is 0 Å². The molecule has 18 heavy (non-hydrogen) atoms. The zero-order valence-corrected chi connectivity index (χ0v) is 12.9. The third-order valence-corrected chi connectivity index (χ3v) is 5.50. The Balaban J connectivity index is 1.94. The van der Waals surface area contributed by atoms with Gasteiger partial charge >= 0.3 is 0 Å². The van der Waals surface area contributed by atoms with Crippen LogP contribution in [0.2, 0.25) is 0 Å². The molecular weight excluding hydrogens is 238 g/mol. The van der Waals surface area contributed by atoms with Crippen LogP contribution >= 0.6 is 11.3 Å². The molecule has 1 heterocycles. The summed E-state index contributed by atoms with van der Waals surface area (Å²) in [6.45, 7) is 4.93. The van der Waals surface area contributed by atoms with Crippen molar-refractivity contribution in [3.05, 3.63) is 22.4 Å². The van der Waals surface area contributed by atoms with Crippen LogP contribution in [0.3, 0.4) is 0 Å². The monoisotopic (exact) mass is 265 g/mol. The molecule has 1 saturated carbocycles. The predicted octanol–water partition coefficient (Wildman–Crippen LogP) is 4.49. The van der Waals surface area contributed by atoms with Crippen molar-refractivity contribution in [3.63, 3.8) is 0 Å². The van der Waals surface area contributed by atoms with Crippen molar-refractivity contribution in [3.8, 4) is 0 Å². The Morgan fingerprint density at radius 2 is 2.28 bits per heavy atom. The minimum absolute atomic E-state index is 0.514. The second-order valence-electron chi connectivity index (χ2n) is 6.41. The maximum Gasteiger partial charge on any atom is 0.0101 e. The van der Waals surface area contributed by atoms with E-state index in [1.54, 1.807) is 0 Å². The lowest BCUT2D eigenvalue weighted by atomic mass is 9.65. The Labute approximate surface area is 116 Å². The van der Waals surface area contributed by atoms with Gasteiger partial charge in [-0.3, -0.25) is 0 Å². The first-order valence-corrected chi connectivity index (χ1v) is 8.26. The third kappa shape index (κ3) is 3.36. The molecule has 0 bridgehead atoms. The van der Waals surface area contributed by atoms with E-state index in [2.05, 4.69) is 43.0 Å². The molecule has 102 valence electrons. The van der Waals surface area contributed by atoms with Crippen LogP contribution in [0, 0.1) is 11.3 Å². The maximum absolute atomic E-state index is 3.59. The predicted molar refractivity (Wildman–Crippen MR) is 81.2 cm³/mol. The van der Waals surface area contributed by atoms with E-state index in [0.717, 1.165) is 5.92 Å². The fraction of sp³-hybridized carbons (Fsp3) is 0.750. The zero-order chi connectivity index (χ0) is 13.0. The van der Waals surface area contributed by atoms with Gasteiger partial charge in [-0.15, -0.1) is 0 Å². The van der Waals surface area contributed by atoms with E-state index in [1.807, 2.05) is 11.3 Å². The van der Waals surface area contributed by atoms with E-state index < -0.39 is 0 Å². The van der Waals surface area contributed by atoms with E-state index in [4.69, 9.17) is 0 Å². The Hall–Kier alpha value is -0.340. The first kappa shape index (κ1) is 14.1. The fourth-order valence-electron chi connectivity index (χ4n) is 3.57.